The predicted octanol–water partition coefficient (Wildman–Crippen LogP) is 0.638. The highest BCUT2D eigenvalue weighted by molar-refractivity contribution is 5.22. The van der Waals surface area contributed by atoms with Gasteiger partial charge >= 0.3 is 0 Å². The van der Waals surface area contributed by atoms with E-state index >= 15 is 0 Å². The molecule has 0 spiro atoms. The second kappa shape index (κ2) is 2.80. The van der Waals surface area contributed by atoms with E-state index in [4.69, 9.17) is 5.26 Å². The summed E-state index contributed by atoms with van der Waals surface area (Å²) in [5.41, 5.74) is -0.423. The molecule has 1 fully saturated rings. The van der Waals surface area contributed by atoms with E-state index in [9.17, 15) is 0 Å². The Morgan fingerprint density at radius 3 is 2.77 bits per heavy atom. The van der Waals surface area contributed by atoms with Gasteiger partial charge in [0.25, 0.3) is 0 Å². The number of tetrazole rings is 1. The number of nitriles is 1. The Labute approximate surface area is 76.4 Å². The van der Waals surface area contributed by atoms with E-state index in [1.54, 1.807) is 0 Å². The third kappa shape index (κ3) is 1.10. The van der Waals surface area contributed by atoms with E-state index in [1.165, 1.54) is 4.80 Å². The van der Waals surface area contributed by atoms with Gasteiger partial charge in [-0.1, -0.05) is 0 Å². The van der Waals surface area contributed by atoms with Crippen LogP contribution in [0.4, 0.5) is 0 Å². The smallest absolute Gasteiger partial charge is 0.194 e. The van der Waals surface area contributed by atoms with Crippen LogP contribution >= 0.6 is 0 Å². The van der Waals surface area contributed by atoms with Gasteiger partial charge in [0, 0.05) is 0 Å². The van der Waals surface area contributed by atoms with Gasteiger partial charge in [0.1, 0.15) is 5.41 Å². The van der Waals surface area contributed by atoms with Gasteiger partial charge in [0.05, 0.1) is 12.6 Å². The molecule has 1 heterocycles. The quantitative estimate of drug-likeness (QED) is 0.664. The topological polar surface area (TPSA) is 67.4 Å². The van der Waals surface area contributed by atoms with Crippen LogP contribution in [0.15, 0.2) is 0 Å². The molecule has 0 atom stereocenters. The SMILES string of the molecule is CCn1nnc(C2(C#N)CCC2)n1. The molecule has 5 heteroatoms. The molecule has 0 bridgehead atoms. The second-order valence-electron chi connectivity index (χ2n) is 3.35. The van der Waals surface area contributed by atoms with Gasteiger partial charge in [0.2, 0.25) is 0 Å². The van der Waals surface area contributed by atoms with Crippen molar-refractivity contribution in [1.29, 1.82) is 5.26 Å². The molecule has 68 valence electrons. The Morgan fingerprint density at radius 1 is 1.62 bits per heavy atom. The van der Waals surface area contributed by atoms with Crippen LogP contribution in [0.3, 0.4) is 0 Å². The van der Waals surface area contributed by atoms with Crippen molar-refractivity contribution in [2.75, 3.05) is 0 Å². The zero-order valence-electron chi connectivity index (χ0n) is 7.56. The monoisotopic (exact) mass is 177 g/mol. The maximum absolute atomic E-state index is 9.00. The minimum absolute atomic E-state index is 0.423. The number of aromatic nitrogens is 4. The first-order valence-corrected chi connectivity index (χ1v) is 4.50. The van der Waals surface area contributed by atoms with Gasteiger partial charge in [0.15, 0.2) is 5.82 Å². The average molecular weight is 177 g/mol. The van der Waals surface area contributed by atoms with Gasteiger partial charge in [-0.05, 0) is 31.4 Å². The fourth-order valence-electron chi connectivity index (χ4n) is 1.48. The van der Waals surface area contributed by atoms with Crippen LogP contribution in [-0.4, -0.2) is 20.2 Å². The van der Waals surface area contributed by atoms with Gasteiger partial charge in [-0.15, -0.1) is 10.2 Å². The first-order valence-electron chi connectivity index (χ1n) is 4.50. The fourth-order valence-corrected chi connectivity index (χ4v) is 1.48. The minimum atomic E-state index is -0.423. The molecule has 1 saturated carbocycles. The normalized spacial score (nSPS) is 19.1. The van der Waals surface area contributed by atoms with Gasteiger partial charge in [-0.3, -0.25) is 0 Å². The summed E-state index contributed by atoms with van der Waals surface area (Å²) in [6.07, 6.45) is 2.84. The largest absolute Gasteiger partial charge is 0.197 e. The van der Waals surface area contributed by atoms with E-state index in [0.29, 0.717) is 12.4 Å². The van der Waals surface area contributed by atoms with Crippen LogP contribution < -0.4 is 0 Å². The standard InChI is InChI=1S/C8H11N5/c1-2-13-11-7(10-12-13)8(6-9)4-3-5-8/h2-5H2,1H3. The van der Waals surface area contributed by atoms with Gasteiger partial charge in [-0.25, -0.2) is 0 Å². The third-order valence-corrected chi connectivity index (χ3v) is 2.58. The Hall–Kier alpha value is -1.44. The highest BCUT2D eigenvalue weighted by atomic mass is 15.6. The summed E-state index contributed by atoms with van der Waals surface area (Å²) < 4.78 is 0. The molecule has 13 heavy (non-hydrogen) atoms. The summed E-state index contributed by atoms with van der Waals surface area (Å²) in [6, 6.07) is 2.29. The molecule has 1 aromatic heterocycles. The van der Waals surface area contributed by atoms with E-state index in [-0.39, 0.29) is 0 Å². The van der Waals surface area contributed by atoms with Crippen molar-refractivity contribution in [3.8, 4) is 6.07 Å². The molecule has 1 aliphatic carbocycles. The fraction of sp³-hybridized carbons (Fsp3) is 0.750. The molecule has 1 aliphatic rings. The molecule has 0 amide bonds. The first-order chi connectivity index (χ1) is 6.30. The summed E-state index contributed by atoms with van der Waals surface area (Å²) in [5.74, 6) is 0.600. The van der Waals surface area contributed by atoms with Crippen molar-refractivity contribution in [3.63, 3.8) is 0 Å². The predicted molar refractivity (Wildman–Crippen MR) is 44.6 cm³/mol. The highest BCUT2D eigenvalue weighted by Gasteiger charge is 2.43. The average Bonchev–Trinajstić information content (AvgIpc) is 2.52. The molecule has 0 aliphatic heterocycles. The second-order valence-corrected chi connectivity index (χ2v) is 3.35. The van der Waals surface area contributed by atoms with Crippen LogP contribution in [0.1, 0.15) is 32.0 Å². The van der Waals surface area contributed by atoms with Crippen LogP contribution in [-0.2, 0) is 12.0 Å². The molecule has 0 N–H and O–H groups in total. The van der Waals surface area contributed by atoms with Crippen molar-refractivity contribution in [2.45, 2.75) is 38.1 Å². The summed E-state index contributed by atoms with van der Waals surface area (Å²) in [7, 11) is 0. The van der Waals surface area contributed by atoms with Gasteiger partial charge < -0.3 is 0 Å². The van der Waals surface area contributed by atoms with Crippen molar-refractivity contribution >= 4 is 0 Å². The van der Waals surface area contributed by atoms with Crippen molar-refractivity contribution in [2.24, 2.45) is 0 Å². The van der Waals surface area contributed by atoms with E-state index < -0.39 is 5.41 Å². The molecule has 1 aromatic rings. The van der Waals surface area contributed by atoms with Crippen LogP contribution in [0.2, 0.25) is 0 Å². The van der Waals surface area contributed by atoms with Crippen molar-refractivity contribution in [1.82, 2.24) is 20.2 Å². The number of rotatable bonds is 2. The first kappa shape index (κ1) is 8.17. The lowest BCUT2D eigenvalue weighted by atomic mass is 9.69. The lowest BCUT2D eigenvalue weighted by molar-refractivity contribution is 0.306. The lowest BCUT2D eigenvalue weighted by Gasteiger charge is -2.31. The van der Waals surface area contributed by atoms with Crippen molar-refractivity contribution < 1.29 is 0 Å². The molecule has 0 unspecified atom stereocenters. The summed E-state index contributed by atoms with van der Waals surface area (Å²) in [4.78, 5) is 1.52. The zero-order valence-corrected chi connectivity index (χ0v) is 7.56. The van der Waals surface area contributed by atoms with E-state index in [2.05, 4.69) is 21.5 Å². The molecule has 0 radical (unpaired) electrons. The highest BCUT2D eigenvalue weighted by Crippen LogP contribution is 2.40. The maximum Gasteiger partial charge on any atom is 0.194 e. The molecule has 0 saturated heterocycles. The molecule has 5 nitrogen and oxygen atoms in total. The maximum atomic E-state index is 9.00. The number of nitrogens with zero attached hydrogens (tertiary/aromatic N) is 5. The minimum Gasteiger partial charge on any atom is -0.197 e. The molecule has 0 aromatic carbocycles. The summed E-state index contributed by atoms with van der Waals surface area (Å²) in [6.45, 7) is 2.65. The number of aryl methyl sites for hydroxylation is 1. The van der Waals surface area contributed by atoms with Crippen LogP contribution in [0, 0.1) is 11.3 Å². The zero-order chi connectivity index (χ0) is 9.31. The van der Waals surface area contributed by atoms with E-state index in [0.717, 1.165) is 19.3 Å². The Morgan fingerprint density at radius 2 is 2.38 bits per heavy atom. The Balaban J connectivity index is 2.29. The summed E-state index contributed by atoms with van der Waals surface area (Å²) >= 11 is 0. The third-order valence-electron chi connectivity index (χ3n) is 2.58. The van der Waals surface area contributed by atoms with Gasteiger partial charge in [-0.2, -0.15) is 10.1 Å². The summed E-state index contributed by atoms with van der Waals surface area (Å²) in [5, 5.41) is 20.9. The molecular weight excluding hydrogens is 166 g/mol. The van der Waals surface area contributed by atoms with Crippen molar-refractivity contribution in [3.05, 3.63) is 5.82 Å². The number of hydrogen-bond acceptors (Lipinski definition) is 4. The van der Waals surface area contributed by atoms with Crippen LogP contribution in [0.5, 0.6) is 0 Å². The number of hydrogen-bond donors (Lipinski definition) is 0. The Kier molecular flexibility index (Phi) is 1.76. The van der Waals surface area contributed by atoms with Crippen LogP contribution in [0.25, 0.3) is 0 Å². The lowest BCUT2D eigenvalue weighted by Crippen LogP contribution is -2.33. The van der Waals surface area contributed by atoms with E-state index in [1.807, 2.05) is 6.92 Å². The molecular formula is C8H11N5. The Bertz CT molecular complexity index is 344. The molecule has 2 rings (SSSR count).